The van der Waals surface area contributed by atoms with Gasteiger partial charge in [-0.1, -0.05) is 18.2 Å². The molecule has 0 aliphatic carbocycles. The molecule has 9 nitrogen and oxygen atoms in total. The molecule has 9 heteroatoms. The summed E-state index contributed by atoms with van der Waals surface area (Å²) in [7, 11) is 3.07. The lowest BCUT2D eigenvalue weighted by Gasteiger charge is -2.28. The van der Waals surface area contributed by atoms with Gasteiger partial charge in [0, 0.05) is 27.2 Å². The Balaban J connectivity index is 1.71. The number of ether oxygens (including phenoxy) is 1. The highest BCUT2D eigenvalue weighted by atomic mass is 16.5. The minimum absolute atomic E-state index is 0.0794. The molecule has 1 aromatic carbocycles. The van der Waals surface area contributed by atoms with E-state index in [0.29, 0.717) is 22.9 Å². The average molecular weight is 428 g/mol. The first-order chi connectivity index (χ1) is 14.9. The van der Waals surface area contributed by atoms with E-state index in [2.05, 4.69) is 9.88 Å². The minimum Gasteiger partial charge on any atom is -0.491 e. The van der Waals surface area contributed by atoms with Gasteiger partial charge in [0.15, 0.2) is 11.2 Å². The number of anilines is 1. The van der Waals surface area contributed by atoms with Gasteiger partial charge in [-0.2, -0.15) is 4.98 Å². The van der Waals surface area contributed by atoms with Crippen LogP contribution in [0.2, 0.25) is 0 Å². The van der Waals surface area contributed by atoms with Gasteiger partial charge >= 0.3 is 5.69 Å². The molecule has 0 bridgehead atoms. The number of aryl methyl sites for hydroxylation is 2. The van der Waals surface area contributed by atoms with Gasteiger partial charge in [-0.3, -0.25) is 13.9 Å². The Bertz CT molecular complexity index is 1200. The van der Waals surface area contributed by atoms with Gasteiger partial charge < -0.3 is 19.3 Å². The molecule has 1 N–H and O–H groups in total. The maximum absolute atomic E-state index is 13.0. The molecular weight excluding hydrogens is 398 g/mol. The molecule has 3 aromatic rings. The number of aromatic nitrogens is 4. The Morgan fingerprint density at radius 1 is 1.10 bits per heavy atom. The lowest BCUT2D eigenvalue weighted by atomic mass is 10.1. The van der Waals surface area contributed by atoms with Crippen LogP contribution in [0, 0.1) is 6.92 Å². The molecule has 31 heavy (non-hydrogen) atoms. The zero-order valence-electron chi connectivity index (χ0n) is 18.2. The standard InChI is InChI=1S/C22H29N5O4/c1-15-9-5-6-10-17(15)31-14-16(28)13-27-18-19(24(2)22(30)25(3)20(18)29)23-21(27)26-11-7-4-8-12-26/h5-6,9-10,16,28H,4,7-8,11-14H2,1-3H3. The molecule has 3 heterocycles. The van der Waals surface area contributed by atoms with Gasteiger partial charge in [0.05, 0.1) is 6.54 Å². The first-order valence-electron chi connectivity index (χ1n) is 10.7. The van der Waals surface area contributed by atoms with Crippen LogP contribution in [-0.4, -0.2) is 49.6 Å². The van der Waals surface area contributed by atoms with Crippen molar-refractivity contribution in [2.75, 3.05) is 24.6 Å². The summed E-state index contributed by atoms with van der Waals surface area (Å²) < 4.78 is 10.0. The summed E-state index contributed by atoms with van der Waals surface area (Å²) in [6.45, 7) is 3.82. The highest BCUT2D eigenvalue weighted by Crippen LogP contribution is 2.24. The summed E-state index contributed by atoms with van der Waals surface area (Å²) in [5, 5.41) is 10.8. The number of fused-ring (bicyclic) bond motifs is 1. The number of aliphatic hydroxyl groups excluding tert-OH is 1. The maximum atomic E-state index is 13.0. The van der Waals surface area contributed by atoms with Crippen molar-refractivity contribution in [1.29, 1.82) is 0 Å². The molecule has 2 aromatic heterocycles. The predicted molar refractivity (Wildman–Crippen MR) is 119 cm³/mol. The fourth-order valence-electron chi connectivity index (χ4n) is 4.11. The summed E-state index contributed by atoms with van der Waals surface area (Å²) in [4.78, 5) is 32.2. The number of piperidine rings is 1. The van der Waals surface area contributed by atoms with Crippen molar-refractivity contribution in [2.45, 2.75) is 38.8 Å². The van der Waals surface area contributed by atoms with E-state index in [4.69, 9.17) is 4.74 Å². The Morgan fingerprint density at radius 3 is 2.52 bits per heavy atom. The molecule has 1 unspecified atom stereocenters. The van der Waals surface area contributed by atoms with E-state index in [9.17, 15) is 14.7 Å². The fourth-order valence-corrected chi connectivity index (χ4v) is 4.11. The topological polar surface area (TPSA) is 94.5 Å². The summed E-state index contributed by atoms with van der Waals surface area (Å²) in [5.41, 5.74) is 0.804. The van der Waals surface area contributed by atoms with Crippen LogP contribution < -0.4 is 20.9 Å². The van der Waals surface area contributed by atoms with Crippen molar-refractivity contribution in [2.24, 2.45) is 14.1 Å². The second-order valence-corrected chi connectivity index (χ2v) is 8.18. The van der Waals surface area contributed by atoms with Crippen molar-refractivity contribution >= 4 is 17.1 Å². The van der Waals surface area contributed by atoms with Gasteiger partial charge in [-0.05, 0) is 37.8 Å². The monoisotopic (exact) mass is 427 g/mol. The fraction of sp³-hybridized carbons (Fsp3) is 0.500. The van der Waals surface area contributed by atoms with Crippen LogP contribution in [0.15, 0.2) is 33.9 Å². The van der Waals surface area contributed by atoms with Gasteiger partial charge in [-0.25, -0.2) is 4.79 Å². The number of nitrogens with zero attached hydrogens (tertiary/aromatic N) is 5. The number of imidazole rings is 1. The Labute approximate surface area is 180 Å². The highest BCUT2D eigenvalue weighted by molar-refractivity contribution is 5.74. The Morgan fingerprint density at radius 2 is 1.81 bits per heavy atom. The number of rotatable bonds is 6. The third kappa shape index (κ3) is 3.97. The largest absolute Gasteiger partial charge is 0.491 e. The molecule has 0 saturated carbocycles. The van der Waals surface area contributed by atoms with Crippen molar-refractivity contribution in [3.63, 3.8) is 0 Å². The summed E-state index contributed by atoms with van der Waals surface area (Å²) in [5.74, 6) is 1.33. The van der Waals surface area contributed by atoms with Crippen molar-refractivity contribution in [3.05, 3.63) is 50.7 Å². The summed E-state index contributed by atoms with van der Waals surface area (Å²) in [6, 6.07) is 7.63. The van der Waals surface area contributed by atoms with Gasteiger partial charge in [0.25, 0.3) is 5.56 Å². The first kappa shape index (κ1) is 21.2. The van der Waals surface area contributed by atoms with Gasteiger partial charge in [0.1, 0.15) is 18.5 Å². The van der Waals surface area contributed by atoms with Crippen LogP contribution in [0.1, 0.15) is 24.8 Å². The quantitative estimate of drug-likeness (QED) is 0.635. The smallest absolute Gasteiger partial charge is 0.332 e. The highest BCUT2D eigenvalue weighted by Gasteiger charge is 2.25. The second-order valence-electron chi connectivity index (χ2n) is 8.18. The first-order valence-corrected chi connectivity index (χ1v) is 10.7. The van der Waals surface area contributed by atoms with Crippen LogP contribution in [0.5, 0.6) is 5.75 Å². The molecule has 1 aliphatic heterocycles. The minimum atomic E-state index is -0.859. The summed E-state index contributed by atoms with van der Waals surface area (Å²) >= 11 is 0. The molecule has 4 rings (SSSR count). The van der Waals surface area contributed by atoms with Gasteiger partial charge in [-0.15, -0.1) is 0 Å². The third-order valence-corrected chi connectivity index (χ3v) is 5.88. The van der Waals surface area contributed by atoms with E-state index in [1.165, 1.54) is 11.6 Å². The molecule has 1 atom stereocenters. The van der Waals surface area contributed by atoms with E-state index in [-0.39, 0.29) is 13.2 Å². The zero-order chi connectivity index (χ0) is 22.1. The summed E-state index contributed by atoms with van der Waals surface area (Å²) in [6.07, 6.45) is 2.38. The molecule has 1 saturated heterocycles. The number of benzene rings is 1. The zero-order valence-corrected chi connectivity index (χ0v) is 18.2. The maximum Gasteiger partial charge on any atom is 0.332 e. The van der Waals surface area contributed by atoms with E-state index in [1.807, 2.05) is 31.2 Å². The van der Waals surface area contributed by atoms with E-state index < -0.39 is 17.4 Å². The predicted octanol–water partition coefficient (Wildman–Crippen LogP) is 1.17. The van der Waals surface area contributed by atoms with E-state index in [1.54, 1.807) is 11.6 Å². The van der Waals surface area contributed by atoms with Crippen molar-refractivity contribution < 1.29 is 9.84 Å². The lowest BCUT2D eigenvalue weighted by molar-refractivity contribution is 0.0932. The molecule has 0 spiro atoms. The number of hydrogen-bond donors (Lipinski definition) is 1. The number of hydrogen-bond acceptors (Lipinski definition) is 6. The van der Waals surface area contributed by atoms with Gasteiger partial charge in [0.2, 0.25) is 5.95 Å². The molecular formula is C22H29N5O4. The van der Waals surface area contributed by atoms with Crippen LogP contribution >= 0.6 is 0 Å². The molecule has 0 radical (unpaired) electrons. The molecule has 1 fully saturated rings. The normalized spacial score (nSPS) is 15.4. The van der Waals surface area contributed by atoms with Crippen LogP contribution in [-0.2, 0) is 20.6 Å². The van der Waals surface area contributed by atoms with Crippen molar-refractivity contribution in [1.82, 2.24) is 18.7 Å². The molecule has 0 amide bonds. The van der Waals surface area contributed by atoms with E-state index >= 15 is 0 Å². The average Bonchev–Trinajstić information content (AvgIpc) is 3.15. The van der Waals surface area contributed by atoms with Crippen LogP contribution in [0.3, 0.4) is 0 Å². The van der Waals surface area contributed by atoms with Crippen molar-refractivity contribution in [3.8, 4) is 5.75 Å². The lowest BCUT2D eigenvalue weighted by Crippen LogP contribution is -2.38. The second kappa shape index (κ2) is 8.58. The molecule has 166 valence electrons. The number of aliphatic hydroxyl groups is 1. The molecule has 1 aliphatic rings. The Hall–Kier alpha value is -3.07. The SMILES string of the molecule is Cc1ccccc1OCC(O)Cn1c(N2CCCCC2)nc2c1c(=O)n(C)c(=O)n2C. The van der Waals surface area contributed by atoms with Crippen LogP contribution in [0.4, 0.5) is 5.95 Å². The van der Waals surface area contributed by atoms with E-state index in [0.717, 1.165) is 42.5 Å². The third-order valence-electron chi connectivity index (χ3n) is 5.88. The Kier molecular flexibility index (Phi) is 5.86. The van der Waals surface area contributed by atoms with Crippen LogP contribution in [0.25, 0.3) is 11.2 Å². The number of para-hydroxylation sites is 1.